The second-order valence-electron chi connectivity index (χ2n) is 9.91. The molecule has 0 saturated heterocycles. The molecule has 2 atom stereocenters. The Morgan fingerprint density at radius 3 is 2.26 bits per heavy atom. The number of dihydropyridines is 1. The molecule has 0 radical (unpaired) electrons. The van der Waals surface area contributed by atoms with E-state index >= 15 is 0 Å². The molecule has 0 aromatic heterocycles. The fourth-order valence-electron chi connectivity index (χ4n) is 5.62. The Morgan fingerprint density at radius 1 is 0.872 bits per heavy atom. The molecule has 200 valence electrons. The number of hydrogen-bond donors (Lipinski definition) is 1. The maximum atomic E-state index is 13.8. The number of Topliss-reactive ketones (excluding diaryl/α,β-unsaturated/α-hetero) is 1. The van der Waals surface area contributed by atoms with E-state index in [-0.39, 0.29) is 18.3 Å². The van der Waals surface area contributed by atoms with Crippen molar-refractivity contribution in [2.75, 3.05) is 20.8 Å². The average molecular weight is 524 g/mol. The Kier molecular flexibility index (Phi) is 7.82. The average Bonchev–Trinajstić information content (AvgIpc) is 2.96. The number of esters is 1. The van der Waals surface area contributed by atoms with Gasteiger partial charge in [0.25, 0.3) is 0 Å². The first kappa shape index (κ1) is 26.3. The monoisotopic (exact) mass is 523 g/mol. The highest BCUT2D eigenvalue weighted by Gasteiger charge is 2.41. The highest BCUT2D eigenvalue weighted by molar-refractivity contribution is 6.04. The molecule has 0 spiro atoms. The van der Waals surface area contributed by atoms with E-state index in [4.69, 9.17) is 14.2 Å². The molecule has 0 fully saturated rings. The summed E-state index contributed by atoms with van der Waals surface area (Å²) < 4.78 is 16.8. The molecule has 3 aromatic rings. The second-order valence-corrected chi connectivity index (χ2v) is 9.91. The molecule has 0 unspecified atom stereocenters. The van der Waals surface area contributed by atoms with Crippen LogP contribution in [0.3, 0.4) is 0 Å². The zero-order valence-electron chi connectivity index (χ0n) is 22.5. The maximum Gasteiger partial charge on any atom is 0.336 e. The Labute approximate surface area is 229 Å². The van der Waals surface area contributed by atoms with E-state index in [0.29, 0.717) is 47.6 Å². The highest BCUT2D eigenvalue weighted by atomic mass is 16.5. The first-order chi connectivity index (χ1) is 19.0. The Hall–Kier alpha value is -4.32. The fourth-order valence-corrected chi connectivity index (χ4v) is 5.62. The number of benzene rings is 3. The number of hydrogen-bond acceptors (Lipinski definition) is 6. The molecule has 1 heterocycles. The van der Waals surface area contributed by atoms with Gasteiger partial charge in [-0.1, -0.05) is 66.7 Å². The summed E-state index contributed by atoms with van der Waals surface area (Å²) in [6.45, 7) is 2.12. The van der Waals surface area contributed by atoms with Gasteiger partial charge < -0.3 is 19.5 Å². The first-order valence-corrected chi connectivity index (χ1v) is 13.2. The van der Waals surface area contributed by atoms with Gasteiger partial charge in [0.1, 0.15) is 0 Å². The number of carbonyl (C=O) groups excluding carboxylic acids is 2. The summed E-state index contributed by atoms with van der Waals surface area (Å²) in [6, 6.07) is 25.6. The topological polar surface area (TPSA) is 73.9 Å². The van der Waals surface area contributed by atoms with Crippen molar-refractivity contribution in [3.05, 3.63) is 118 Å². The Balaban J connectivity index is 1.51. The van der Waals surface area contributed by atoms with Crippen LogP contribution >= 0.6 is 0 Å². The molecule has 2 aliphatic rings. The van der Waals surface area contributed by atoms with Crippen molar-refractivity contribution in [3.8, 4) is 11.5 Å². The standard InChI is InChI=1S/C33H33NO5/c1-21-30(33(36)39-17-16-22-10-6-4-7-11-22)31(24-14-15-28(37-2)29(20-24)38-3)32-26(34-21)18-25(19-27(32)35)23-12-8-5-9-13-23/h4-15,20,25,31,34H,16-19H2,1-3H3/t25-,31-/m1/s1. The minimum absolute atomic E-state index is 0.0273. The van der Waals surface area contributed by atoms with E-state index in [1.807, 2.05) is 73.7 Å². The number of rotatable bonds is 8. The van der Waals surface area contributed by atoms with Gasteiger partial charge in [-0.15, -0.1) is 0 Å². The lowest BCUT2D eigenvalue weighted by atomic mass is 9.71. The molecule has 6 heteroatoms. The molecule has 39 heavy (non-hydrogen) atoms. The summed E-state index contributed by atoms with van der Waals surface area (Å²) >= 11 is 0. The minimum Gasteiger partial charge on any atom is -0.493 e. The van der Waals surface area contributed by atoms with Gasteiger partial charge in [0.15, 0.2) is 17.3 Å². The third-order valence-electron chi connectivity index (χ3n) is 7.53. The van der Waals surface area contributed by atoms with Crippen LogP contribution in [0.1, 0.15) is 48.3 Å². The summed E-state index contributed by atoms with van der Waals surface area (Å²) in [6.07, 6.45) is 1.67. The van der Waals surface area contributed by atoms with Crippen LogP contribution in [0.4, 0.5) is 0 Å². The summed E-state index contributed by atoms with van der Waals surface area (Å²) in [5.74, 6) is 0.212. The van der Waals surface area contributed by atoms with Gasteiger partial charge in [-0.3, -0.25) is 4.79 Å². The van der Waals surface area contributed by atoms with E-state index in [9.17, 15) is 9.59 Å². The number of nitrogens with one attached hydrogen (secondary N) is 1. The molecular formula is C33H33NO5. The molecule has 0 bridgehead atoms. The van der Waals surface area contributed by atoms with Gasteiger partial charge in [-0.2, -0.15) is 0 Å². The lowest BCUT2D eigenvalue weighted by Crippen LogP contribution is -2.36. The Bertz CT molecular complexity index is 1420. The molecule has 0 amide bonds. The van der Waals surface area contributed by atoms with E-state index < -0.39 is 11.9 Å². The Morgan fingerprint density at radius 2 is 1.56 bits per heavy atom. The van der Waals surface area contributed by atoms with Crippen LogP contribution in [0.25, 0.3) is 0 Å². The van der Waals surface area contributed by atoms with Crippen molar-refractivity contribution in [1.29, 1.82) is 0 Å². The van der Waals surface area contributed by atoms with Crippen molar-refractivity contribution in [3.63, 3.8) is 0 Å². The van der Waals surface area contributed by atoms with Crippen molar-refractivity contribution in [2.24, 2.45) is 0 Å². The van der Waals surface area contributed by atoms with Gasteiger partial charge in [0, 0.05) is 35.7 Å². The molecule has 1 aliphatic heterocycles. The normalized spacial score (nSPS) is 18.8. The molecular weight excluding hydrogens is 490 g/mol. The van der Waals surface area contributed by atoms with Crippen LogP contribution in [0.2, 0.25) is 0 Å². The van der Waals surface area contributed by atoms with E-state index in [0.717, 1.165) is 22.4 Å². The SMILES string of the molecule is COc1ccc([C@@H]2C(C(=O)OCCc3ccccc3)=C(C)NC3=C2C(=O)C[C@H](c2ccccc2)C3)cc1OC. The number of carbonyl (C=O) groups is 2. The minimum atomic E-state index is -0.575. The van der Waals surface area contributed by atoms with E-state index in [2.05, 4.69) is 17.4 Å². The van der Waals surface area contributed by atoms with Crippen LogP contribution in [-0.4, -0.2) is 32.6 Å². The molecule has 6 nitrogen and oxygen atoms in total. The summed E-state index contributed by atoms with van der Waals surface area (Å²) in [4.78, 5) is 27.4. The molecule has 1 N–H and O–H groups in total. The zero-order valence-corrected chi connectivity index (χ0v) is 22.5. The van der Waals surface area contributed by atoms with Crippen molar-refractivity contribution in [1.82, 2.24) is 5.32 Å². The number of methoxy groups -OCH3 is 2. The smallest absolute Gasteiger partial charge is 0.336 e. The van der Waals surface area contributed by atoms with Gasteiger partial charge >= 0.3 is 5.97 Å². The van der Waals surface area contributed by atoms with Crippen molar-refractivity contribution >= 4 is 11.8 Å². The number of ketones is 1. The lowest BCUT2D eigenvalue weighted by Gasteiger charge is -2.36. The zero-order chi connectivity index (χ0) is 27.4. The first-order valence-electron chi connectivity index (χ1n) is 13.2. The molecule has 0 saturated carbocycles. The number of allylic oxidation sites excluding steroid dienone is 3. The van der Waals surface area contributed by atoms with Crippen LogP contribution in [0.5, 0.6) is 11.5 Å². The summed E-state index contributed by atoms with van der Waals surface area (Å²) in [7, 11) is 3.15. The molecule has 1 aliphatic carbocycles. The largest absolute Gasteiger partial charge is 0.493 e. The summed E-state index contributed by atoms with van der Waals surface area (Å²) in [5.41, 5.74) is 5.62. The quantitative estimate of drug-likeness (QED) is 0.374. The van der Waals surface area contributed by atoms with Crippen LogP contribution in [0, 0.1) is 0 Å². The van der Waals surface area contributed by atoms with Gasteiger partial charge in [0.05, 0.1) is 26.4 Å². The van der Waals surface area contributed by atoms with Gasteiger partial charge in [-0.05, 0) is 48.1 Å². The maximum absolute atomic E-state index is 13.8. The van der Waals surface area contributed by atoms with Gasteiger partial charge in [0.2, 0.25) is 0 Å². The van der Waals surface area contributed by atoms with Crippen molar-refractivity contribution < 1.29 is 23.8 Å². The second kappa shape index (κ2) is 11.6. The molecule has 3 aromatic carbocycles. The highest BCUT2D eigenvalue weighted by Crippen LogP contribution is 2.47. The number of ether oxygens (including phenoxy) is 3. The third-order valence-corrected chi connectivity index (χ3v) is 7.53. The van der Waals surface area contributed by atoms with Crippen LogP contribution < -0.4 is 14.8 Å². The van der Waals surface area contributed by atoms with Gasteiger partial charge in [-0.25, -0.2) is 4.79 Å². The summed E-state index contributed by atoms with van der Waals surface area (Å²) in [5, 5.41) is 3.42. The predicted molar refractivity (Wildman–Crippen MR) is 150 cm³/mol. The van der Waals surface area contributed by atoms with Crippen LogP contribution in [-0.2, 0) is 20.7 Å². The lowest BCUT2D eigenvalue weighted by molar-refractivity contribution is -0.139. The van der Waals surface area contributed by atoms with Crippen LogP contribution in [0.15, 0.2) is 101 Å². The predicted octanol–water partition coefficient (Wildman–Crippen LogP) is 5.85. The van der Waals surface area contributed by atoms with E-state index in [1.165, 1.54) is 0 Å². The molecule has 5 rings (SSSR count). The van der Waals surface area contributed by atoms with Crippen molar-refractivity contribution in [2.45, 2.75) is 38.0 Å². The fraction of sp³-hybridized carbons (Fsp3) is 0.273. The van der Waals surface area contributed by atoms with E-state index in [1.54, 1.807) is 14.2 Å². The third kappa shape index (κ3) is 5.46.